The average Bonchev–Trinajstić information content (AvgIpc) is 2.94. The second-order valence-corrected chi connectivity index (χ2v) is 6.25. The van der Waals surface area contributed by atoms with Crippen molar-refractivity contribution in [3.63, 3.8) is 0 Å². The van der Waals surface area contributed by atoms with Gasteiger partial charge < -0.3 is 15.1 Å². The number of nitrogens with zero attached hydrogens (tertiary/aromatic N) is 2. The highest BCUT2D eigenvalue weighted by Gasteiger charge is 2.09. The number of hydrogen-bond donors (Lipinski definition) is 1. The van der Waals surface area contributed by atoms with Crippen LogP contribution in [-0.2, 0) is 17.6 Å². The van der Waals surface area contributed by atoms with Gasteiger partial charge in [-0.15, -0.1) is 0 Å². The Kier molecular flexibility index (Phi) is 4.62. The highest BCUT2D eigenvalue weighted by Crippen LogP contribution is 2.28. The maximum Gasteiger partial charge on any atom is 0.221 e. The molecule has 3 rings (SSSR count). The first kappa shape index (κ1) is 16.2. The van der Waals surface area contributed by atoms with Gasteiger partial charge in [0.25, 0.3) is 0 Å². The molecule has 124 valence electrons. The van der Waals surface area contributed by atoms with Crippen LogP contribution in [0.3, 0.4) is 0 Å². The van der Waals surface area contributed by atoms with Gasteiger partial charge in [-0.3, -0.25) is 9.78 Å². The molecule has 0 saturated heterocycles. The van der Waals surface area contributed by atoms with E-state index in [4.69, 9.17) is 10.2 Å². The van der Waals surface area contributed by atoms with Crippen molar-refractivity contribution in [1.82, 2.24) is 9.88 Å². The third-order valence-electron chi connectivity index (χ3n) is 3.99. The van der Waals surface area contributed by atoms with Gasteiger partial charge in [0.1, 0.15) is 5.58 Å². The minimum atomic E-state index is -0.356. The lowest BCUT2D eigenvalue weighted by Gasteiger charge is -2.08. The first-order valence-electron chi connectivity index (χ1n) is 7.90. The van der Waals surface area contributed by atoms with E-state index < -0.39 is 0 Å². The molecule has 5 nitrogen and oxygen atoms in total. The van der Waals surface area contributed by atoms with E-state index in [0.717, 1.165) is 40.6 Å². The zero-order valence-electron chi connectivity index (χ0n) is 14.0. The summed E-state index contributed by atoms with van der Waals surface area (Å²) in [7, 11) is 4.12. The molecule has 0 aliphatic carbocycles. The van der Waals surface area contributed by atoms with Crippen LogP contribution in [0.4, 0.5) is 0 Å². The van der Waals surface area contributed by atoms with Gasteiger partial charge in [-0.25, -0.2) is 0 Å². The predicted molar refractivity (Wildman–Crippen MR) is 94.6 cm³/mol. The molecule has 2 aromatic heterocycles. The Morgan fingerprint density at radius 2 is 2.04 bits per heavy atom. The van der Waals surface area contributed by atoms with E-state index in [-0.39, 0.29) is 12.3 Å². The molecule has 2 heterocycles. The molecule has 0 aliphatic rings. The van der Waals surface area contributed by atoms with E-state index in [9.17, 15) is 4.79 Å². The summed E-state index contributed by atoms with van der Waals surface area (Å²) >= 11 is 0. The third-order valence-corrected chi connectivity index (χ3v) is 3.99. The van der Waals surface area contributed by atoms with Crippen LogP contribution in [-0.4, -0.2) is 36.4 Å². The lowest BCUT2D eigenvalue weighted by molar-refractivity contribution is -0.117. The normalized spacial score (nSPS) is 11.3. The smallest absolute Gasteiger partial charge is 0.221 e. The molecule has 3 aromatic rings. The number of rotatable bonds is 6. The molecule has 1 amide bonds. The summed E-state index contributed by atoms with van der Waals surface area (Å²) in [5, 5.41) is 1.12. The Morgan fingerprint density at radius 3 is 2.79 bits per heavy atom. The number of carbonyl (C=O) groups is 1. The van der Waals surface area contributed by atoms with Crippen LogP contribution >= 0.6 is 0 Å². The Morgan fingerprint density at radius 1 is 1.21 bits per heavy atom. The Bertz CT molecular complexity index is 868. The van der Waals surface area contributed by atoms with Crippen molar-refractivity contribution in [2.75, 3.05) is 20.6 Å². The maximum absolute atomic E-state index is 11.1. The van der Waals surface area contributed by atoms with Crippen molar-refractivity contribution in [2.45, 2.75) is 12.8 Å². The van der Waals surface area contributed by atoms with Crippen molar-refractivity contribution >= 4 is 16.9 Å². The van der Waals surface area contributed by atoms with Crippen LogP contribution < -0.4 is 5.73 Å². The number of likely N-dealkylation sites (N-methyl/N-ethyl adjacent to an activating group) is 1. The standard InChI is InChI=1S/C19H21N3O2/c1-22(2)6-5-15-12-24-18-4-3-14(9-17(15)18)16-7-13(8-19(20)23)10-21-11-16/h3-4,7,9-12H,5-6,8H2,1-2H3,(H2,20,23). The van der Waals surface area contributed by atoms with Crippen molar-refractivity contribution in [2.24, 2.45) is 5.73 Å². The van der Waals surface area contributed by atoms with Gasteiger partial charge in [0.15, 0.2) is 0 Å². The van der Waals surface area contributed by atoms with Crippen LogP contribution in [0.5, 0.6) is 0 Å². The van der Waals surface area contributed by atoms with E-state index >= 15 is 0 Å². The number of fused-ring (bicyclic) bond motifs is 1. The molecule has 0 bridgehead atoms. The molecule has 0 saturated carbocycles. The second kappa shape index (κ2) is 6.84. The second-order valence-electron chi connectivity index (χ2n) is 6.25. The van der Waals surface area contributed by atoms with Crippen molar-refractivity contribution in [3.05, 3.63) is 54.0 Å². The number of nitrogens with two attached hydrogens (primary N) is 1. The highest BCUT2D eigenvalue weighted by atomic mass is 16.3. The third kappa shape index (κ3) is 3.63. The monoisotopic (exact) mass is 323 g/mol. The predicted octanol–water partition coefficient (Wildman–Crippen LogP) is 2.63. The molecule has 24 heavy (non-hydrogen) atoms. The van der Waals surface area contributed by atoms with Crippen LogP contribution in [0, 0.1) is 0 Å². The van der Waals surface area contributed by atoms with Crippen LogP contribution in [0.15, 0.2) is 47.3 Å². The summed E-state index contributed by atoms with van der Waals surface area (Å²) in [6, 6.07) is 8.06. The van der Waals surface area contributed by atoms with Gasteiger partial charge in [-0.05, 0) is 55.4 Å². The largest absolute Gasteiger partial charge is 0.464 e. The fraction of sp³-hybridized carbons (Fsp3) is 0.263. The molecule has 0 radical (unpaired) electrons. The summed E-state index contributed by atoms with van der Waals surface area (Å²) in [5.74, 6) is -0.356. The van der Waals surface area contributed by atoms with E-state index in [1.165, 1.54) is 5.56 Å². The summed E-state index contributed by atoms with van der Waals surface area (Å²) in [6.45, 7) is 0.967. The van der Waals surface area contributed by atoms with Crippen LogP contribution in [0.25, 0.3) is 22.1 Å². The molecule has 2 N–H and O–H groups in total. The minimum absolute atomic E-state index is 0.197. The molecular formula is C19H21N3O2. The number of carbonyl (C=O) groups excluding carboxylic acids is 1. The van der Waals surface area contributed by atoms with Crippen LogP contribution in [0.2, 0.25) is 0 Å². The lowest BCUT2D eigenvalue weighted by atomic mass is 10.0. The summed E-state index contributed by atoms with van der Waals surface area (Å²) in [5.41, 5.74) is 10.2. The van der Waals surface area contributed by atoms with Crippen LogP contribution in [0.1, 0.15) is 11.1 Å². The zero-order chi connectivity index (χ0) is 17.1. The van der Waals surface area contributed by atoms with Crippen molar-refractivity contribution in [1.29, 1.82) is 0 Å². The molecule has 0 fully saturated rings. The lowest BCUT2D eigenvalue weighted by Crippen LogP contribution is -2.14. The van der Waals surface area contributed by atoms with Gasteiger partial charge in [0.2, 0.25) is 5.91 Å². The van der Waals surface area contributed by atoms with E-state index in [2.05, 4.69) is 30.0 Å². The fourth-order valence-corrected chi connectivity index (χ4v) is 2.74. The summed E-state index contributed by atoms with van der Waals surface area (Å²) in [6.07, 6.45) is 6.43. The number of primary amides is 1. The topological polar surface area (TPSA) is 72.4 Å². The van der Waals surface area contributed by atoms with E-state index in [1.54, 1.807) is 12.4 Å². The van der Waals surface area contributed by atoms with Gasteiger partial charge in [0, 0.05) is 29.9 Å². The Labute approximate surface area is 141 Å². The van der Waals surface area contributed by atoms with E-state index in [0.29, 0.717) is 0 Å². The Balaban J connectivity index is 1.95. The Hall–Kier alpha value is -2.66. The first-order valence-corrected chi connectivity index (χ1v) is 7.90. The number of furan rings is 1. The van der Waals surface area contributed by atoms with Crippen molar-refractivity contribution in [3.8, 4) is 11.1 Å². The van der Waals surface area contributed by atoms with Gasteiger partial charge >= 0.3 is 0 Å². The minimum Gasteiger partial charge on any atom is -0.464 e. The number of pyridine rings is 1. The highest BCUT2D eigenvalue weighted by molar-refractivity contribution is 5.86. The molecule has 0 unspecified atom stereocenters. The number of hydrogen-bond acceptors (Lipinski definition) is 4. The maximum atomic E-state index is 11.1. The first-order chi connectivity index (χ1) is 11.5. The quantitative estimate of drug-likeness (QED) is 0.757. The van der Waals surface area contributed by atoms with Crippen molar-refractivity contribution < 1.29 is 9.21 Å². The number of amides is 1. The van der Waals surface area contributed by atoms with E-state index in [1.807, 2.05) is 24.5 Å². The molecular weight excluding hydrogens is 302 g/mol. The van der Waals surface area contributed by atoms with Gasteiger partial charge in [-0.1, -0.05) is 6.07 Å². The zero-order valence-corrected chi connectivity index (χ0v) is 14.0. The summed E-state index contributed by atoms with van der Waals surface area (Å²) < 4.78 is 5.65. The summed E-state index contributed by atoms with van der Waals surface area (Å²) in [4.78, 5) is 17.5. The average molecular weight is 323 g/mol. The molecule has 0 aliphatic heterocycles. The number of benzene rings is 1. The van der Waals surface area contributed by atoms with Gasteiger partial charge in [-0.2, -0.15) is 0 Å². The van der Waals surface area contributed by atoms with Gasteiger partial charge in [0.05, 0.1) is 12.7 Å². The fourth-order valence-electron chi connectivity index (χ4n) is 2.74. The molecule has 0 atom stereocenters. The molecule has 1 aromatic carbocycles. The number of aromatic nitrogens is 1. The SMILES string of the molecule is CN(C)CCc1coc2ccc(-c3cncc(CC(N)=O)c3)cc12. The molecule has 5 heteroatoms. The molecule has 0 spiro atoms.